The molecule has 10 atom stereocenters. The van der Waals surface area contributed by atoms with Gasteiger partial charge in [-0.3, -0.25) is 4.79 Å². The normalized spacial score (nSPS) is 33.6. The summed E-state index contributed by atoms with van der Waals surface area (Å²) < 4.78 is 22.4. The second-order valence-electron chi connectivity index (χ2n) is 10.1. The predicted molar refractivity (Wildman–Crippen MR) is 138 cm³/mol. The van der Waals surface area contributed by atoms with Gasteiger partial charge in [-0.15, -0.1) is 0 Å². The molecule has 10 N–H and O–H groups in total. The summed E-state index contributed by atoms with van der Waals surface area (Å²) in [5.41, 5.74) is -1.10. The van der Waals surface area contributed by atoms with Gasteiger partial charge in [-0.2, -0.15) is 0 Å². The van der Waals surface area contributed by atoms with Gasteiger partial charge in [-0.05, 0) is 24.3 Å². The lowest BCUT2D eigenvalue weighted by atomic mass is 9.89. The quantitative estimate of drug-likeness (QED) is 0.147. The zero-order valence-corrected chi connectivity index (χ0v) is 21.7. The van der Waals surface area contributed by atoms with Crippen LogP contribution in [-0.2, 0) is 14.2 Å². The molecule has 0 saturated carbocycles. The monoisotopic (exact) mass is 594 g/mol. The van der Waals surface area contributed by atoms with Gasteiger partial charge in [-0.25, -0.2) is 0 Å². The van der Waals surface area contributed by atoms with E-state index in [9.17, 15) is 55.9 Å². The van der Waals surface area contributed by atoms with E-state index >= 15 is 0 Å². The summed E-state index contributed by atoms with van der Waals surface area (Å²) in [5, 5.41) is 103. The van der Waals surface area contributed by atoms with E-state index < -0.39 is 102 Å². The summed E-state index contributed by atoms with van der Waals surface area (Å²) in [6.45, 7) is -1.62. The Morgan fingerprint density at radius 3 is 2.02 bits per heavy atom. The summed E-state index contributed by atoms with van der Waals surface area (Å²) in [7, 11) is 0. The minimum absolute atomic E-state index is 0.0247. The minimum Gasteiger partial charge on any atom is -0.508 e. The highest BCUT2D eigenvalue weighted by molar-refractivity contribution is 5.88. The van der Waals surface area contributed by atoms with Crippen molar-refractivity contribution in [2.75, 3.05) is 13.2 Å². The predicted octanol–water partition coefficient (Wildman–Crippen LogP) is -2.08. The maximum Gasteiger partial charge on any atom is 0.197 e. The first kappa shape index (κ1) is 30.1. The van der Waals surface area contributed by atoms with Crippen molar-refractivity contribution in [2.45, 2.75) is 61.2 Å². The van der Waals surface area contributed by atoms with Crippen LogP contribution in [0.2, 0.25) is 0 Å². The molecule has 2 fully saturated rings. The third kappa shape index (κ3) is 5.20. The Morgan fingerprint density at radius 1 is 0.762 bits per heavy atom. The van der Waals surface area contributed by atoms with E-state index in [1.54, 1.807) is 0 Å². The topological polar surface area (TPSA) is 260 Å². The smallest absolute Gasteiger partial charge is 0.197 e. The number of benzene rings is 2. The number of ether oxygens (including phenoxy) is 3. The Morgan fingerprint density at radius 2 is 1.38 bits per heavy atom. The van der Waals surface area contributed by atoms with E-state index in [2.05, 4.69) is 0 Å². The number of phenolic OH excluding ortho intramolecular Hbond substituents is 3. The highest BCUT2D eigenvalue weighted by Gasteiger charge is 2.52. The number of hydrogen-bond donors (Lipinski definition) is 10. The lowest BCUT2D eigenvalue weighted by molar-refractivity contribution is -0.342. The molecule has 2 saturated heterocycles. The first-order valence-electron chi connectivity index (χ1n) is 12.9. The van der Waals surface area contributed by atoms with Crippen molar-refractivity contribution in [1.82, 2.24) is 0 Å². The molecule has 15 heteroatoms. The van der Waals surface area contributed by atoms with E-state index in [-0.39, 0.29) is 17.1 Å². The molecule has 3 heterocycles. The lowest BCUT2D eigenvalue weighted by Gasteiger charge is -2.46. The molecule has 2 aromatic carbocycles. The van der Waals surface area contributed by atoms with Crippen LogP contribution in [0.25, 0.3) is 22.3 Å². The summed E-state index contributed by atoms with van der Waals surface area (Å²) in [6.07, 6.45) is -17.4. The molecule has 0 bridgehead atoms. The second-order valence-corrected chi connectivity index (χ2v) is 10.1. The molecule has 15 nitrogen and oxygen atoms in total. The molecule has 1 aromatic heterocycles. The molecule has 3 aromatic rings. The van der Waals surface area contributed by atoms with Crippen LogP contribution in [0.1, 0.15) is 11.7 Å². The Balaban J connectivity index is 1.58. The van der Waals surface area contributed by atoms with Gasteiger partial charge in [0.25, 0.3) is 0 Å². The number of rotatable bonds is 6. The number of aromatic hydroxyl groups is 3. The summed E-state index contributed by atoms with van der Waals surface area (Å²) >= 11 is 0. The summed E-state index contributed by atoms with van der Waals surface area (Å²) in [4.78, 5) is 13.1. The number of aliphatic hydroxyl groups excluding tert-OH is 7. The van der Waals surface area contributed by atoms with Gasteiger partial charge < -0.3 is 69.7 Å². The van der Waals surface area contributed by atoms with Crippen LogP contribution >= 0.6 is 0 Å². The fourth-order valence-corrected chi connectivity index (χ4v) is 5.16. The van der Waals surface area contributed by atoms with Crippen molar-refractivity contribution in [2.24, 2.45) is 0 Å². The Labute approximate surface area is 236 Å². The first-order chi connectivity index (χ1) is 20.0. The Hall–Kier alpha value is -3.35. The molecular formula is C27H30O15. The maximum atomic E-state index is 13.1. The fraction of sp³-hybridized carbons (Fsp3) is 0.444. The molecule has 0 amide bonds. The summed E-state index contributed by atoms with van der Waals surface area (Å²) in [5.74, 6) is -1.53. The summed E-state index contributed by atoms with van der Waals surface area (Å²) in [6, 6.07) is 7.75. The van der Waals surface area contributed by atoms with Gasteiger partial charge in [-0.1, -0.05) is 0 Å². The van der Waals surface area contributed by atoms with Crippen molar-refractivity contribution >= 4 is 11.0 Å². The van der Waals surface area contributed by atoms with Crippen molar-refractivity contribution in [3.8, 4) is 28.6 Å². The van der Waals surface area contributed by atoms with Crippen LogP contribution in [0.3, 0.4) is 0 Å². The Bertz CT molecular complexity index is 1470. The van der Waals surface area contributed by atoms with Crippen LogP contribution in [0, 0.1) is 0 Å². The third-order valence-corrected chi connectivity index (χ3v) is 7.45. The SMILES string of the molecule is O=c1cc(-c2ccc(O)cc2)oc2cc(O)c([C@H]3O[C@H](CO)[C@@H](O)[C@H](O)[C@H]3O[C@@H]3O[C@H](CO)[C@@H](O)[C@H](O)[C@H]3O)c(O)c12. The van der Waals surface area contributed by atoms with Crippen molar-refractivity contribution in [3.63, 3.8) is 0 Å². The van der Waals surface area contributed by atoms with E-state index in [1.807, 2.05) is 0 Å². The van der Waals surface area contributed by atoms with Crippen LogP contribution in [0.5, 0.6) is 17.2 Å². The van der Waals surface area contributed by atoms with Gasteiger partial charge in [0.05, 0.1) is 18.8 Å². The van der Waals surface area contributed by atoms with Gasteiger partial charge in [0.15, 0.2) is 11.7 Å². The van der Waals surface area contributed by atoms with Crippen LogP contribution in [0.15, 0.2) is 45.6 Å². The zero-order chi connectivity index (χ0) is 30.5. The number of fused-ring (bicyclic) bond motifs is 1. The standard InChI is InChI=1S/C27H30O15/c28-7-15-20(34)23(37)26(42-27-24(38)22(36)19(33)16(8-29)41-27)25(40-15)18-12(32)6-14-17(21(18)35)11(31)5-13(39-14)9-1-3-10(30)4-2-9/h1-6,15-16,19-20,22-30,32-38H,7-8H2/t15-,16-,19-,20-,22+,23+,24-,25-,26-,27+/m1/s1. The highest BCUT2D eigenvalue weighted by atomic mass is 16.7. The van der Waals surface area contributed by atoms with E-state index in [1.165, 1.54) is 24.3 Å². The molecule has 42 heavy (non-hydrogen) atoms. The lowest BCUT2D eigenvalue weighted by Crippen LogP contribution is -2.62. The maximum absolute atomic E-state index is 13.1. The third-order valence-electron chi connectivity index (χ3n) is 7.45. The molecule has 2 aliphatic heterocycles. The minimum atomic E-state index is -1.92. The molecular weight excluding hydrogens is 564 g/mol. The van der Waals surface area contributed by atoms with E-state index in [0.29, 0.717) is 5.56 Å². The molecule has 0 aliphatic carbocycles. The van der Waals surface area contributed by atoms with Crippen molar-refractivity contribution in [1.29, 1.82) is 0 Å². The molecule has 0 unspecified atom stereocenters. The van der Waals surface area contributed by atoms with Gasteiger partial charge in [0.1, 0.15) is 88.9 Å². The van der Waals surface area contributed by atoms with Gasteiger partial charge in [0.2, 0.25) is 0 Å². The van der Waals surface area contributed by atoms with Crippen LogP contribution in [-0.4, -0.2) is 119 Å². The number of hydrogen-bond acceptors (Lipinski definition) is 15. The van der Waals surface area contributed by atoms with Gasteiger partial charge >= 0.3 is 0 Å². The van der Waals surface area contributed by atoms with E-state index in [4.69, 9.17) is 18.6 Å². The molecule has 5 rings (SSSR count). The average molecular weight is 595 g/mol. The van der Waals surface area contributed by atoms with Gasteiger partial charge in [0, 0.05) is 17.7 Å². The number of aliphatic hydroxyl groups is 7. The molecule has 228 valence electrons. The largest absolute Gasteiger partial charge is 0.508 e. The fourth-order valence-electron chi connectivity index (χ4n) is 5.16. The second kappa shape index (κ2) is 11.7. The molecule has 0 radical (unpaired) electrons. The van der Waals surface area contributed by atoms with Crippen LogP contribution in [0.4, 0.5) is 0 Å². The molecule has 2 aliphatic rings. The Kier molecular flexibility index (Phi) is 8.41. The number of phenols is 3. The highest BCUT2D eigenvalue weighted by Crippen LogP contribution is 2.46. The molecule has 0 spiro atoms. The zero-order valence-electron chi connectivity index (χ0n) is 21.7. The average Bonchev–Trinajstić information content (AvgIpc) is 2.96. The van der Waals surface area contributed by atoms with Crippen molar-refractivity contribution < 1.29 is 69.7 Å². The van der Waals surface area contributed by atoms with Crippen LogP contribution < -0.4 is 5.43 Å². The van der Waals surface area contributed by atoms with E-state index in [0.717, 1.165) is 12.1 Å². The van der Waals surface area contributed by atoms with Crippen molar-refractivity contribution in [3.05, 3.63) is 52.2 Å². The first-order valence-corrected chi connectivity index (χ1v) is 12.9.